The smallest absolute Gasteiger partial charge is 0.265 e. The Bertz CT molecular complexity index is 3060. The molecule has 2 unspecified atom stereocenters. The third kappa shape index (κ3) is 16.8. The SMILES string of the molecule is CCCCCCCCCCCC1N=CNC1CCCCCCCCCCC.Fc1c(F)c(F)c(B(c2c(F)c(F)c(F)c(F)c2F)c2c(F)c(F)c(F)c(F)c2F)c(F)c1F.Fc1c(F)c(F)c(B(c2c(F)c(F)c(F)c(F)c2F)c2c(F)c(F)c(F)c(F)c2F)c(F)c1F. The Hall–Kier alpha value is -7.18. The Morgan fingerprint density at radius 2 is 0.389 bits per heavy atom. The average molecular weight is 1400 g/mol. The highest BCUT2D eigenvalue weighted by Gasteiger charge is 2.47. The lowest BCUT2D eigenvalue weighted by atomic mass is 9.36. The summed E-state index contributed by atoms with van der Waals surface area (Å²) in [4.78, 5) is 4.71. The Morgan fingerprint density at radius 3 is 0.579 bits per heavy atom. The van der Waals surface area contributed by atoms with E-state index in [1.165, 1.54) is 128 Å². The van der Waals surface area contributed by atoms with Crippen LogP contribution in [0.15, 0.2) is 4.99 Å². The van der Waals surface area contributed by atoms with Gasteiger partial charge in [0.05, 0.1) is 12.4 Å². The first-order chi connectivity index (χ1) is 44.7. The van der Waals surface area contributed by atoms with Crippen LogP contribution >= 0.6 is 0 Å². The van der Waals surface area contributed by atoms with Crippen LogP contribution in [0.3, 0.4) is 0 Å². The van der Waals surface area contributed by atoms with Crippen molar-refractivity contribution in [1.29, 1.82) is 0 Å². The number of nitrogens with one attached hydrogen (secondary N) is 1. The van der Waals surface area contributed by atoms with E-state index in [4.69, 9.17) is 4.99 Å². The fraction of sp³-hybridized carbons (Fsp3) is 0.393. The van der Waals surface area contributed by atoms with Gasteiger partial charge in [0.2, 0.25) is 0 Å². The van der Waals surface area contributed by atoms with Crippen molar-refractivity contribution in [3.63, 3.8) is 0 Å². The largest absolute Gasteiger partial charge is 0.372 e. The minimum atomic E-state index is -3.96. The molecule has 1 heterocycles. The third-order valence-corrected chi connectivity index (χ3v) is 15.4. The van der Waals surface area contributed by atoms with Crippen molar-refractivity contribution < 1.29 is 132 Å². The molecule has 95 heavy (non-hydrogen) atoms. The molecule has 0 aliphatic carbocycles. The van der Waals surface area contributed by atoms with Gasteiger partial charge in [0, 0.05) is 38.8 Å². The van der Waals surface area contributed by atoms with Crippen LogP contribution in [0.1, 0.15) is 142 Å². The molecule has 2 atom stereocenters. The number of benzene rings is 6. The maximum Gasteiger partial charge on any atom is 0.265 e. The number of nitrogens with zero attached hydrogens (tertiary/aromatic N) is 1. The normalized spacial score (nSPS) is 13.5. The minimum absolute atomic E-state index is 0.559. The predicted molar refractivity (Wildman–Crippen MR) is 290 cm³/mol. The molecule has 6 aromatic carbocycles. The van der Waals surface area contributed by atoms with E-state index in [1.54, 1.807) is 0 Å². The lowest BCUT2D eigenvalue weighted by molar-refractivity contribution is 0.380. The van der Waals surface area contributed by atoms with Crippen LogP contribution in [0.2, 0.25) is 0 Å². The molecule has 0 saturated carbocycles. The van der Waals surface area contributed by atoms with Gasteiger partial charge in [0.15, 0.2) is 175 Å². The highest BCUT2D eigenvalue weighted by Crippen LogP contribution is 2.28. The van der Waals surface area contributed by atoms with Crippen LogP contribution in [-0.2, 0) is 0 Å². The van der Waals surface area contributed by atoms with E-state index < -0.39 is 221 Å². The molecule has 1 aliphatic rings. The number of unbranched alkanes of at least 4 members (excludes halogenated alkanes) is 16. The van der Waals surface area contributed by atoms with Crippen molar-refractivity contribution in [3.8, 4) is 0 Å². The Morgan fingerprint density at radius 1 is 0.232 bits per heavy atom. The molecule has 0 saturated heterocycles. The summed E-state index contributed by atoms with van der Waals surface area (Å²) in [5.41, 5.74) is -16.1. The van der Waals surface area contributed by atoms with E-state index in [2.05, 4.69) is 19.2 Å². The Labute approximate surface area is 522 Å². The van der Waals surface area contributed by atoms with Gasteiger partial charge in [-0.15, -0.1) is 0 Å². The van der Waals surface area contributed by atoms with E-state index in [9.17, 15) is 132 Å². The maximum atomic E-state index is 14.4. The van der Waals surface area contributed by atoms with Crippen LogP contribution < -0.4 is 38.1 Å². The van der Waals surface area contributed by atoms with Crippen molar-refractivity contribution in [2.75, 3.05) is 0 Å². The summed E-state index contributed by atoms with van der Waals surface area (Å²) < 4.78 is 417. The van der Waals surface area contributed by atoms with Gasteiger partial charge in [-0.25, -0.2) is 132 Å². The molecule has 7 rings (SSSR count). The van der Waals surface area contributed by atoms with Crippen molar-refractivity contribution in [3.05, 3.63) is 175 Å². The van der Waals surface area contributed by atoms with Crippen LogP contribution in [-0.4, -0.2) is 31.8 Å². The molecule has 0 amide bonds. The first-order valence-corrected chi connectivity index (χ1v) is 29.1. The lowest BCUT2D eigenvalue weighted by Gasteiger charge is -2.21. The zero-order chi connectivity index (χ0) is 71.4. The van der Waals surface area contributed by atoms with Crippen molar-refractivity contribution in [2.45, 2.75) is 154 Å². The van der Waals surface area contributed by atoms with E-state index in [1.807, 2.05) is 6.34 Å². The van der Waals surface area contributed by atoms with E-state index in [0.29, 0.717) is 12.1 Å². The fourth-order valence-corrected chi connectivity index (χ4v) is 10.5. The van der Waals surface area contributed by atoms with Crippen molar-refractivity contribution in [2.24, 2.45) is 4.99 Å². The molecule has 1 aliphatic heterocycles. The summed E-state index contributed by atoms with van der Waals surface area (Å²) in [5.74, 6) is -90.4. The minimum Gasteiger partial charge on any atom is -0.372 e. The zero-order valence-corrected chi connectivity index (χ0v) is 49.3. The highest BCUT2D eigenvalue weighted by molar-refractivity contribution is 6.96. The van der Waals surface area contributed by atoms with E-state index >= 15 is 0 Å². The number of hydrogen-bond donors (Lipinski definition) is 1. The van der Waals surface area contributed by atoms with Crippen molar-refractivity contribution >= 4 is 52.5 Å². The molecular formula is C61H50B2F30N2. The number of hydrogen-bond acceptors (Lipinski definition) is 2. The molecular weight excluding hydrogens is 1350 g/mol. The van der Waals surface area contributed by atoms with Gasteiger partial charge in [-0.2, -0.15) is 0 Å². The molecule has 0 radical (unpaired) electrons. The summed E-state index contributed by atoms with van der Waals surface area (Å²) in [6, 6.07) is 1.19. The van der Waals surface area contributed by atoms with Gasteiger partial charge in [0.25, 0.3) is 13.4 Å². The number of aliphatic imine (C=N–C) groups is 1. The average Bonchev–Trinajstić information content (AvgIpc) is 0.756. The van der Waals surface area contributed by atoms with Gasteiger partial charge < -0.3 is 5.32 Å². The van der Waals surface area contributed by atoms with Gasteiger partial charge in [-0.3, -0.25) is 4.99 Å². The molecule has 1 N–H and O–H groups in total. The molecule has 0 spiro atoms. The molecule has 0 fully saturated rings. The zero-order valence-electron chi connectivity index (χ0n) is 49.3. The van der Waals surface area contributed by atoms with Crippen LogP contribution in [0, 0.1) is 175 Å². The second-order valence-electron chi connectivity index (χ2n) is 21.6. The Balaban J connectivity index is 0.000000260. The number of halogens is 30. The molecule has 6 aromatic rings. The topological polar surface area (TPSA) is 24.4 Å². The maximum absolute atomic E-state index is 14.4. The van der Waals surface area contributed by atoms with Gasteiger partial charge >= 0.3 is 0 Å². The quantitative estimate of drug-likeness (QED) is 0.0189. The predicted octanol–water partition coefficient (Wildman–Crippen LogP) is 16.8. The summed E-state index contributed by atoms with van der Waals surface area (Å²) in [5, 5.41) is 3.52. The summed E-state index contributed by atoms with van der Waals surface area (Å²) in [6.07, 6.45) is 30.2. The van der Waals surface area contributed by atoms with Crippen LogP contribution in [0.4, 0.5) is 132 Å². The number of rotatable bonds is 26. The second kappa shape index (κ2) is 34.7. The lowest BCUT2D eigenvalue weighted by Crippen LogP contribution is -2.60. The summed E-state index contributed by atoms with van der Waals surface area (Å²) in [6.45, 7) is -3.33. The first kappa shape index (κ1) is 78.5. The fourth-order valence-electron chi connectivity index (χ4n) is 10.5. The molecule has 34 heteroatoms. The first-order valence-electron chi connectivity index (χ1n) is 29.1. The Kier molecular flexibility index (Phi) is 28.6. The molecule has 520 valence electrons. The highest BCUT2D eigenvalue weighted by atomic mass is 19.2. The van der Waals surface area contributed by atoms with Gasteiger partial charge in [0.1, 0.15) is 0 Å². The summed E-state index contributed by atoms with van der Waals surface area (Å²) in [7, 11) is 0. The van der Waals surface area contributed by atoms with Crippen LogP contribution in [0.5, 0.6) is 0 Å². The second-order valence-corrected chi connectivity index (χ2v) is 21.6. The van der Waals surface area contributed by atoms with Crippen molar-refractivity contribution in [1.82, 2.24) is 5.32 Å². The van der Waals surface area contributed by atoms with E-state index in [-0.39, 0.29) is 0 Å². The molecule has 0 aromatic heterocycles. The molecule has 2 nitrogen and oxygen atoms in total. The monoisotopic (exact) mass is 1400 g/mol. The summed E-state index contributed by atoms with van der Waals surface area (Å²) >= 11 is 0. The third-order valence-electron chi connectivity index (χ3n) is 15.4. The van der Waals surface area contributed by atoms with Crippen LogP contribution in [0.25, 0.3) is 0 Å². The standard InChI is InChI=1S/C25H50N2.2C18BF15/c1-3-5-7-9-11-13-15-17-19-21-24-25(27-23-26-24)22-20-18-16-14-12-10-8-6-4-2;2*20-4-1(5(21)11(27)16(32)10(4)26)19(2-6(22)12(28)17(33)13(29)7(2)23)3-8(24)14(30)18(34)15(31)9(3)25/h23-25H,3-22H2,1-2H3,(H,26,27);;. The van der Waals surface area contributed by atoms with E-state index in [0.717, 1.165) is 0 Å². The van der Waals surface area contributed by atoms with Gasteiger partial charge in [-0.1, -0.05) is 129 Å². The van der Waals surface area contributed by atoms with Gasteiger partial charge in [-0.05, 0) is 12.8 Å². The molecule has 0 bridgehead atoms.